The van der Waals surface area contributed by atoms with Crippen molar-refractivity contribution in [1.29, 1.82) is 0 Å². The van der Waals surface area contributed by atoms with Gasteiger partial charge >= 0.3 is 5.69 Å². The Balaban J connectivity index is 2.33. The first-order valence-corrected chi connectivity index (χ1v) is 7.22. The second kappa shape index (κ2) is 5.65. The number of carbonyl (C=O) groups excluding carboxylic acids is 1. The van der Waals surface area contributed by atoms with Gasteiger partial charge in [0.2, 0.25) is 0 Å². The van der Waals surface area contributed by atoms with Crippen LogP contribution in [0.4, 0.5) is 5.13 Å². The highest BCUT2D eigenvalue weighted by atomic mass is 32.1. The maximum atomic E-state index is 12.2. The summed E-state index contributed by atoms with van der Waals surface area (Å²) >= 11 is 1.30. The van der Waals surface area contributed by atoms with Crippen LogP contribution in [-0.2, 0) is 14.1 Å². The molecule has 1 amide bonds. The van der Waals surface area contributed by atoms with Gasteiger partial charge in [0.1, 0.15) is 5.56 Å². The van der Waals surface area contributed by atoms with Gasteiger partial charge in [-0.2, -0.15) is 0 Å². The monoisotopic (exact) mass is 308 g/mol. The standard InChI is InChI=1S/C13H16N4O3S/c1-7(2)9-6-21-12(14-9)15-10(18)8-5-16(3)13(20)17(4)11(8)19/h5-7H,1-4H3,(H,14,15,18). The number of aryl methyl sites for hydroxylation is 1. The van der Waals surface area contributed by atoms with E-state index in [2.05, 4.69) is 10.3 Å². The van der Waals surface area contributed by atoms with E-state index in [0.717, 1.165) is 10.3 Å². The average Bonchev–Trinajstić information content (AvgIpc) is 2.89. The molecule has 2 rings (SSSR count). The van der Waals surface area contributed by atoms with E-state index in [1.807, 2.05) is 19.2 Å². The van der Waals surface area contributed by atoms with Gasteiger partial charge in [0.15, 0.2) is 5.13 Å². The van der Waals surface area contributed by atoms with Crippen molar-refractivity contribution in [2.24, 2.45) is 14.1 Å². The van der Waals surface area contributed by atoms with Crippen molar-refractivity contribution in [2.45, 2.75) is 19.8 Å². The van der Waals surface area contributed by atoms with Crippen LogP contribution in [0.1, 0.15) is 35.8 Å². The lowest BCUT2D eigenvalue weighted by Crippen LogP contribution is -2.40. The van der Waals surface area contributed by atoms with Crippen LogP contribution in [0.3, 0.4) is 0 Å². The van der Waals surface area contributed by atoms with Gasteiger partial charge in [-0.25, -0.2) is 9.78 Å². The Morgan fingerprint density at radius 1 is 1.33 bits per heavy atom. The normalized spacial score (nSPS) is 10.9. The molecule has 2 heterocycles. The maximum absolute atomic E-state index is 12.2. The second-order valence-corrected chi connectivity index (χ2v) is 5.84. The topological polar surface area (TPSA) is 86.0 Å². The van der Waals surface area contributed by atoms with Crippen molar-refractivity contribution in [1.82, 2.24) is 14.1 Å². The zero-order valence-corrected chi connectivity index (χ0v) is 13.0. The molecule has 112 valence electrons. The molecule has 21 heavy (non-hydrogen) atoms. The summed E-state index contributed by atoms with van der Waals surface area (Å²) in [4.78, 5) is 40.0. The number of hydrogen-bond acceptors (Lipinski definition) is 5. The predicted octanol–water partition coefficient (Wildman–Crippen LogP) is 0.916. The summed E-state index contributed by atoms with van der Waals surface area (Å²) in [5.74, 6) is -0.312. The zero-order valence-electron chi connectivity index (χ0n) is 12.2. The number of anilines is 1. The molecule has 0 saturated heterocycles. The Kier molecular flexibility index (Phi) is 4.08. The molecule has 0 aliphatic heterocycles. The summed E-state index contributed by atoms with van der Waals surface area (Å²) in [5, 5.41) is 4.88. The molecule has 7 nitrogen and oxygen atoms in total. The quantitative estimate of drug-likeness (QED) is 0.913. The molecule has 2 aromatic heterocycles. The second-order valence-electron chi connectivity index (χ2n) is 4.99. The SMILES string of the molecule is CC(C)c1csc(NC(=O)c2cn(C)c(=O)n(C)c2=O)n1. The van der Waals surface area contributed by atoms with Crippen molar-refractivity contribution in [3.63, 3.8) is 0 Å². The van der Waals surface area contributed by atoms with E-state index in [0.29, 0.717) is 5.13 Å². The minimum absolute atomic E-state index is 0.0964. The van der Waals surface area contributed by atoms with Crippen LogP contribution in [0.5, 0.6) is 0 Å². The number of hydrogen-bond donors (Lipinski definition) is 1. The summed E-state index contributed by atoms with van der Waals surface area (Å²) in [5.41, 5.74) is -0.325. The maximum Gasteiger partial charge on any atom is 0.330 e. The Labute approximate surface area is 124 Å². The van der Waals surface area contributed by atoms with Gasteiger partial charge in [-0.1, -0.05) is 13.8 Å². The van der Waals surface area contributed by atoms with Crippen molar-refractivity contribution in [3.8, 4) is 0 Å². The van der Waals surface area contributed by atoms with Crippen LogP contribution in [-0.4, -0.2) is 20.0 Å². The molecule has 0 fully saturated rings. The first-order valence-electron chi connectivity index (χ1n) is 6.34. The number of carbonyl (C=O) groups is 1. The third kappa shape index (κ3) is 2.94. The molecule has 0 aliphatic carbocycles. The molecule has 0 bridgehead atoms. The Morgan fingerprint density at radius 3 is 2.57 bits per heavy atom. The fourth-order valence-electron chi connectivity index (χ4n) is 1.74. The molecule has 0 aromatic carbocycles. The third-order valence-corrected chi connectivity index (χ3v) is 3.80. The molecule has 0 aliphatic rings. The molecular formula is C13H16N4O3S. The largest absolute Gasteiger partial charge is 0.330 e. The van der Waals surface area contributed by atoms with Crippen molar-refractivity contribution < 1.29 is 4.79 Å². The summed E-state index contributed by atoms with van der Waals surface area (Å²) in [7, 11) is 2.82. The highest BCUT2D eigenvalue weighted by molar-refractivity contribution is 7.14. The number of nitrogens with one attached hydrogen (secondary N) is 1. The van der Waals surface area contributed by atoms with E-state index >= 15 is 0 Å². The van der Waals surface area contributed by atoms with Gasteiger partial charge < -0.3 is 4.57 Å². The first kappa shape index (κ1) is 15.2. The van der Waals surface area contributed by atoms with Gasteiger partial charge in [0.05, 0.1) is 5.69 Å². The van der Waals surface area contributed by atoms with E-state index in [4.69, 9.17) is 0 Å². The summed E-state index contributed by atoms with van der Waals surface area (Å²) in [6.45, 7) is 4.01. The number of rotatable bonds is 3. The van der Waals surface area contributed by atoms with Gasteiger partial charge in [-0.15, -0.1) is 11.3 Å². The summed E-state index contributed by atoms with van der Waals surface area (Å²) in [6, 6.07) is 0. The molecule has 2 aromatic rings. The van der Waals surface area contributed by atoms with Crippen LogP contribution in [0.15, 0.2) is 21.2 Å². The molecule has 0 atom stereocenters. The molecule has 8 heteroatoms. The molecular weight excluding hydrogens is 292 g/mol. The zero-order chi connectivity index (χ0) is 15.7. The third-order valence-electron chi connectivity index (χ3n) is 3.03. The smallest absolute Gasteiger partial charge is 0.303 e. The average molecular weight is 308 g/mol. The van der Waals surface area contributed by atoms with E-state index < -0.39 is 17.2 Å². The fourth-order valence-corrected chi connectivity index (χ4v) is 2.60. The van der Waals surface area contributed by atoms with Crippen LogP contribution < -0.4 is 16.6 Å². The van der Waals surface area contributed by atoms with E-state index in [-0.39, 0.29) is 11.5 Å². The predicted molar refractivity (Wildman–Crippen MR) is 81.1 cm³/mol. The van der Waals surface area contributed by atoms with Crippen LogP contribution in [0.2, 0.25) is 0 Å². The van der Waals surface area contributed by atoms with Gasteiger partial charge in [-0.3, -0.25) is 19.5 Å². The van der Waals surface area contributed by atoms with Crippen LogP contribution in [0, 0.1) is 0 Å². The minimum Gasteiger partial charge on any atom is -0.303 e. The molecule has 0 saturated carbocycles. The molecule has 1 N–H and O–H groups in total. The first-order chi connectivity index (χ1) is 9.81. The van der Waals surface area contributed by atoms with E-state index in [1.54, 1.807) is 0 Å². The summed E-state index contributed by atoms with van der Waals surface area (Å²) in [6.07, 6.45) is 1.23. The highest BCUT2D eigenvalue weighted by Gasteiger charge is 2.16. The lowest BCUT2D eigenvalue weighted by atomic mass is 10.2. The van der Waals surface area contributed by atoms with E-state index in [1.165, 1.54) is 36.2 Å². The minimum atomic E-state index is -0.628. The highest BCUT2D eigenvalue weighted by Crippen LogP contribution is 2.21. The van der Waals surface area contributed by atoms with E-state index in [9.17, 15) is 14.4 Å². The van der Waals surface area contributed by atoms with Crippen LogP contribution >= 0.6 is 11.3 Å². The molecule has 0 unspecified atom stereocenters. The lowest BCUT2D eigenvalue weighted by Gasteiger charge is -2.06. The van der Waals surface area contributed by atoms with Crippen molar-refractivity contribution in [3.05, 3.63) is 43.7 Å². The lowest BCUT2D eigenvalue weighted by molar-refractivity contribution is 0.102. The molecule has 0 radical (unpaired) electrons. The van der Waals surface area contributed by atoms with Gasteiger partial charge in [0, 0.05) is 25.7 Å². The number of amides is 1. The fraction of sp³-hybridized carbons (Fsp3) is 0.385. The Morgan fingerprint density at radius 2 is 2.00 bits per heavy atom. The van der Waals surface area contributed by atoms with Crippen molar-refractivity contribution >= 4 is 22.4 Å². The number of aromatic nitrogens is 3. The Bertz CT molecular complexity index is 800. The summed E-state index contributed by atoms with van der Waals surface area (Å²) < 4.78 is 2.09. The molecule has 0 spiro atoms. The van der Waals surface area contributed by atoms with Gasteiger partial charge in [0.25, 0.3) is 11.5 Å². The van der Waals surface area contributed by atoms with Gasteiger partial charge in [-0.05, 0) is 5.92 Å². The number of thiazole rings is 1. The van der Waals surface area contributed by atoms with Crippen molar-refractivity contribution in [2.75, 3.05) is 5.32 Å². The van der Waals surface area contributed by atoms with Crippen LogP contribution in [0.25, 0.3) is 0 Å². The Hall–Kier alpha value is -2.22. The number of nitrogens with zero attached hydrogens (tertiary/aromatic N) is 3.